The molecule has 26 heavy (non-hydrogen) atoms. The van der Waals surface area contributed by atoms with E-state index in [1.54, 1.807) is 18.3 Å². The van der Waals surface area contributed by atoms with Gasteiger partial charge in [0.15, 0.2) is 0 Å². The second-order valence-electron chi connectivity index (χ2n) is 7.25. The molecule has 136 valence electrons. The van der Waals surface area contributed by atoms with Gasteiger partial charge in [-0.25, -0.2) is 9.37 Å². The summed E-state index contributed by atoms with van der Waals surface area (Å²) in [5.74, 6) is -0.382. The summed E-state index contributed by atoms with van der Waals surface area (Å²) >= 11 is 6.00. The molecule has 0 unspecified atom stereocenters. The molecule has 0 saturated carbocycles. The van der Waals surface area contributed by atoms with Gasteiger partial charge in [-0.1, -0.05) is 56.6 Å². The molecule has 2 heterocycles. The fourth-order valence-corrected chi connectivity index (χ4v) is 2.95. The number of nitrogens with one attached hydrogen (secondary N) is 1. The minimum absolute atomic E-state index is 0.0770. The Balaban J connectivity index is 1.80. The zero-order valence-electron chi connectivity index (χ0n) is 15.0. The summed E-state index contributed by atoms with van der Waals surface area (Å²) in [4.78, 5) is 16.8. The van der Waals surface area contributed by atoms with Crippen LogP contribution < -0.4 is 5.32 Å². The minimum Gasteiger partial charge on any atom is -0.347 e. The predicted molar refractivity (Wildman–Crippen MR) is 101 cm³/mol. The van der Waals surface area contributed by atoms with E-state index in [4.69, 9.17) is 11.6 Å². The van der Waals surface area contributed by atoms with Crippen LogP contribution in [0.25, 0.3) is 5.65 Å². The number of fused-ring (bicyclic) bond motifs is 1. The maximum Gasteiger partial charge on any atom is 0.270 e. The van der Waals surface area contributed by atoms with Crippen LogP contribution in [-0.4, -0.2) is 15.3 Å². The normalized spacial score (nSPS) is 11.7. The molecule has 4 nitrogen and oxygen atoms in total. The molecule has 0 spiro atoms. The Labute approximate surface area is 157 Å². The van der Waals surface area contributed by atoms with Gasteiger partial charge in [0.25, 0.3) is 5.91 Å². The average molecular weight is 374 g/mol. The molecular weight excluding hydrogens is 353 g/mol. The van der Waals surface area contributed by atoms with Crippen molar-refractivity contribution in [3.8, 4) is 0 Å². The predicted octanol–water partition coefficient (Wildman–Crippen LogP) is 4.68. The van der Waals surface area contributed by atoms with E-state index in [0.29, 0.717) is 17.2 Å². The zero-order chi connectivity index (χ0) is 18.9. The Hall–Kier alpha value is -2.40. The summed E-state index contributed by atoms with van der Waals surface area (Å²) in [6, 6.07) is 11.4. The average Bonchev–Trinajstić information content (AvgIpc) is 2.97. The molecule has 1 amide bonds. The Bertz CT molecular complexity index is 942. The number of pyridine rings is 1. The maximum absolute atomic E-state index is 13.3. The summed E-state index contributed by atoms with van der Waals surface area (Å²) in [5, 5.41) is 3.29. The number of hydrogen-bond donors (Lipinski definition) is 1. The molecule has 1 aromatic carbocycles. The number of benzene rings is 1. The standard InChI is InChI=1S/C20H21ClFN3O/c1-20(2,3)14-6-4-13(5-7-14)11-23-19(26)18-16(10-22)24-17-9-8-15(21)12-25(17)18/h4-9,12H,10-11H2,1-3H3,(H,23,26). The van der Waals surface area contributed by atoms with E-state index in [2.05, 4.69) is 43.2 Å². The van der Waals surface area contributed by atoms with Crippen molar-refractivity contribution in [3.05, 3.63) is 70.1 Å². The molecule has 0 aliphatic heterocycles. The van der Waals surface area contributed by atoms with Crippen LogP contribution in [0.15, 0.2) is 42.6 Å². The molecule has 0 radical (unpaired) electrons. The fourth-order valence-electron chi connectivity index (χ4n) is 2.79. The number of carbonyl (C=O) groups is 1. The highest BCUT2D eigenvalue weighted by molar-refractivity contribution is 6.30. The highest BCUT2D eigenvalue weighted by Crippen LogP contribution is 2.22. The molecule has 1 N–H and O–H groups in total. The summed E-state index contributed by atoms with van der Waals surface area (Å²) < 4.78 is 14.8. The van der Waals surface area contributed by atoms with Crippen LogP contribution in [0.4, 0.5) is 4.39 Å². The van der Waals surface area contributed by atoms with Crippen molar-refractivity contribution in [1.82, 2.24) is 14.7 Å². The van der Waals surface area contributed by atoms with Crippen molar-refractivity contribution >= 4 is 23.2 Å². The molecule has 0 fully saturated rings. The van der Waals surface area contributed by atoms with Crippen molar-refractivity contribution in [2.24, 2.45) is 0 Å². The molecule has 0 aliphatic rings. The third kappa shape index (κ3) is 3.73. The number of alkyl halides is 1. The van der Waals surface area contributed by atoms with E-state index in [1.165, 1.54) is 9.96 Å². The Morgan fingerprint density at radius 2 is 1.88 bits per heavy atom. The van der Waals surface area contributed by atoms with Gasteiger partial charge in [0, 0.05) is 12.7 Å². The van der Waals surface area contributed by atoms with Gasteiger partial charge in [0.2, 0.25) is 0 Å². The lowest BCUT2D eigenvalue weighted by molar-refractivity contribution is 0.0943. The lowest BCUT2D eigenvalue weighted by Crippen LogP contribution is -2.25. The van der Waals surface area contributed by atoms with Crippen molar-refractivity contribution in [2.45, 2.75) is 39.4 Å². The van der Waals surface area contributed by atoms with Crippen molar-refractivity contribution in [1.29, 1.82) is 0 Å². The van der Waals surface area contributed by atoms with Crippen molar-refractivity contribution in [2.75, 3.05) is 0 Å². The van der Waals surface area contributed by atoms with E-state index >= 15 is 0 Å². The number of imidazole rings is 1. The molecule has 6 heteroatoms. The van der Waals surface area contributed by atoms with Crippen molar-refractivity contribution < 1.29 is 9.18 Å². The van der Waals surface area contributed by atoms with Crippen LogP contribution in [0.5, 0.6) is 0 Å². The zero-order valence-corrected chi connectivity index (χ0v) is 15.8. The van der Waals surface area contributed by atoms with Crippen LogP contribution >= 0.6 is 11.6 Å². The van der Waals surface area contributed by atoms with Crippen molar-refractivity contribution in [3.63, 3.8) is 0 Å². The smallest absolute Gasteiger partial charge is 0.270 e. The highest BCUT2D eigenvalue weighted by atomic mass is 35.5. The molecular formula is C20H21ClFN3O. The quantitative estimate of drug-likeness (QED) is 0.721. The summed E-state index contributed by atoms with van der Waals surface area (Å²) in [7, 11) is 0. The number of nitrogens with zero attached hydrogens (tertiary/aromatic N) is 2. The minimum atomic E-state index is -0.817. The first kappa shape index (κ1) is 18.4. The van der Waals surface area contributed by atoms with Crippen LogP contribution in [0, 0.1) is 0 Å². The van der Waals surface area contributed by atoms with E-state index in [9.17, 15) is 9.18 Å². The number of amides is 1. The number of hydrogen-bond acceptors (Lipinski definition) is 2. The molecule has 0 aliphatic carbocycles. The van der Waals surface area contributed by atoms with Gasteiger partial charge in [-0.3, -0.25) is 9.20 Å². The monoisotopic (exact) mass is 373 g/mol. The summed E-state index contributed by atoms with van der Waals surface area (Å²) in [5.41, 5.74) is 3.04. The molecule has 0 atom stereocenters. The first-order valence-corrected chi connectivity index (χ1v) is 8.77. The van der Waals surface area contributed by atoms with Crippen LogP contribution in [0.3, 0.4) is 0 Å². The third-order valence-corrected chi connectivity index (χ3v) is 4.49. The Kier molecular flexibility index (Phi) is 5.01. The van der Waals surface area contributed by atoms with Crippen LogP contribution in [0.2, 0.25) is 5.02 Å². The number of halogens is 2. The molecule has 0 saturated heterocycles. The topological polar surface area (TPSA) is 46.4 Å². The summed E-state index contributed by atoms with van der Waals surface area (Å²) in [6.07, 6.45) is 1.57. The van der Waals surface area contributed by atoms with Gasteiger partial charge >= 0.3 is 0 Å². The third-order valence-electron chi connectivity index (χ3n) is 4.27. The maximum atomic E-state index is 13.3. The van der Waals surface area contributed by atoms with E-state index in [-0.39, 0.29) is 22.7 Å². The van der Waals surface area contributed by atoms with E-state index in [0.717, 1.165) is 5.56 Å². The molecule has 0 bridgehead atoms. The highest BCUT2D eigenvalue weighted by Gasteiger charge is 2.19. The van der Waals surface area contributed by atoms with Crippen LogP contribution in [0.1, 0.15) is 48.1 Å². The number of carbonyl (C=O) groups excluding carboxylic acids is 1. The van der Waals surface area contributed by atoms with Gasteiger partial charge in [-0.2, -0.15) is 0 Å². The van der Waals surface area contributed by atoms with Gasteiger partial charge in [-0.05, 0) is 28.7 Å². The number of rotatable bonds is 4. The molecule has 3 aromatic rings. The SMILES string of the molecule is CC(C)(C)c1ccc(CNC(=O)c2c(CF)nc3ccc(Cl)cn23)cc1. The first-order valence-electron chi connectivity index (χ1n) is 8.39. The molecule has 2 aromatic heterocycles. The van der Waals surface area contributed by atoms with Gasteiger partial charge in [-0.15, -0.1) is 0 Å². The van der Waals surface area contributed by atoms with Gasteiger partial charge in [0.05, 0.1) is 5.02 Å². The second kappa shape index (κ2) is 7.08. The van der Waals surface area contributed by atoms with E-state index in [1.807, 2.05) is 12.1 Å². The first-order chi connectivity index (χ1) is 12.3. The summed E-state index contributed by atoms with van der Waals surface area (Å²) in [6.45, 7) is 5.99. The van der Waals surface area contributed by atoms with Gasteiger partial charge in [0.1, 0.15) is 23.7 Å². The Morgan fingerprint density at radius 1 is 1.19 bits per heavy atom. The lowest BCUT2D eigenvalue weighted by Gasteiger charge is -2.19. The fraction of sp³-hybridized carbons (Fsp3) is 0.300. The second-order valence-corrected chi connectivity index (χ2v) is 7.68. The Morgan fingerprint density at radius 3 is 2.50 bits per heavy atom. The lowest BCUT2D eigenvalue weighted by atomic mass is 9.87. The van der Waals surface area contributed by atoms with Gasteiger partial charge < -0.3 is 5.32 Å². The number of aromatic nitrogens is 2. The largest absolute Gasteiger partial charge is 0.347 e. The van der Waals surface area contributed by atoms with E-state index < -0.39 is 6.67 Å². The molecule has 3 rings (SSSR count). The van der Waals surface area contributed by atoms with Crippen LogP contribution in [-0.2, 0) is 18.6 Å².